The fourth-order valence-corrected chi connectivity index (χ4v) is 7.41. The lowest BCUT2D eigenvalue weighted by molar-refractivity contribution is -0.140. The van der Waals surface area contributed by atoms with Crippen LogP contribution in [0.4, 0.5) is 9.59 Å². The number of methoxy groups -OCH3 is 2. The van der Waals surface area contributed by atoms with Gasteiger partial charge in [0.2, 0.25) is 11.8 Å². The van der Waals surface area contributed by atoms with Crippen molar-refractivity contribution in [2.75, 3.05) is 27.3 Å². The van der Waals surface area contributed by atoms with E-state index < -0.39 is 35.7 Å². The first-order chi connectivity index (χ1) is 26.8. The van der Waals surface area contributed by atoms with E-state index in [1.807, 2.05) is 55.1 Å². The molecule has 2 fully saturated rings. The molecule has 2 aromatic carbocycles. The monoisotopic (exact) mass is 766 g/mol. The molecule has 2 aliphatic heterocycles. The van der Waals surface area contributed by atoms with Gasteiger partial charge < -0.3 is 39.7 Å². The van der Waals surface area contributed by atoms with Crippen molar-refractivity contribution in [2.24, 2.45) is 16.8 Å². The molecule has 4 N–H and O–H groups in total. The molecule has 2 aromatic heterocycles. The van der Waals surface area contributed by atoms with E-state index in [1.165, 1.54) is 34.3 Å². The zero-order valence-corrected chi connectivity index (χ0v) is 32.6. The van der Waals surface area contributed by atoms with E-state index in [1.54, 1.807) is 17.3 Å². The number of carbonyl (C=O) groups is 4. The number of likely N-dealkylation sites (tertiary alicyclic amines) is 2. The van der Waals surface area contributed by atoms with Gasteiger partial charge in [0.1, 0.15) is 17.7 Å². The second-order valence-electron chi connectivity index (χ2n) is 15.1. The van der Waals surface area contributed by atoms with Crippen molar-refractivity contribution in [3.05, 3.63) is 72.6 Å². The smallest absolute Gasteiger partial charge is 0.432 e. The van der Waals surface area contributed by atoms with Crippen LogP contribution in [-0.2, 0) is 19.1 Å². The lowest BCUT2D eigenvalue weighted by atomic mass is 9.95. The van der Waals surface area contributed by atoms with Gasteiger partial charge in [-0.1, -0.05) is 62.4 Å². The topological polar surface area (TPSA) is 195 Å². The van der Waals surface area contributed by atoms with Crippen LogP contribution in [0.25, 0.3) is 33.6 Å². The summed E-state index contributed by atoms with van der Waals surface area (Å²) in [5.41, 5.74) is 4.10. The molecule has 1 unspecified atom stereocenters. The Kier molecular flexibility index (Phi) is 12.0. The number of aromatic nitrogens is 4. The number of hydrogen-bond acceptors (Lipinski definition) is 9. The highest BCUT2D eigenvalue weighted by Gasteiger charge is 2.42. The lowest BCUT2D eigenvalue weighted by Gasteiger charge is -2.34. The highest BCUT2D eigenvalue weighted by atomic mass is 16.5. The van der Waals surface area contributed by atoms with Crippen LogP contribution in [0.1, 0.15) is 77.1 Å². The van der Waals surface area contributed by atoms with Crippen LogP contribution in [0, 0.1) is 11.8 Å². The van der Waals surface area contributed by atoms with E-state index >= 15 is 0 Å². The summed E-state index contributed by atoms with van der Waals surface area (Å²) < 4.78 is 9.30. The number of rotatable bonds is 11. The number of ether oxygens (including phenoxy) is 2. The number of carbonyl (C=O) groups excluding carboxylic acids is 4. The normalized spacial score (nSPS) is 18.4. The third-order valence-corrected chi connectivity index (χ3v) is 10.5. The van der Waals surface area contributed by atoms with Crippen LogP contribution < -0.4 is 5.32 Å². The SMILES string of the molecule is COC(=O)N=CC(C(=O)N1CCC[C@H]1c1ncc(-c2ccc(-c3ccc(-c4cnc([C@@H]5CCCN5C(=O)[C@@H](NC(=O)OC)C(C)(C)O)[nH]4)cc3)cc2)[nH]1)C(C)C. The molecule has 4 amide bonds. The zero-order chi connectivity index (χ0) is 40.1. The van der Waals surface area contributed by atoms with Crippen molar-refractivity contribution in [1.29, 1.82) is 0 Å². The number of nitrogens with zero attached hydrogens (tertiary/aromatic N) is 5. The lowest BCUT2D eigenvalue weighted by Crippen LogP contribution is -2.58. The first-order valence-electron chi connectivity index (χ1n) is 18.9. The van der Waals surface area contributed by atoms with Gasteiger partial charge in [0.15, 0.2) is 0 Å². The highest BCUT2D eigenvalue weighted by Crippen LogP contribution is 2.35. The second kappa shape index (κ2) is 16.9. The number of aromatic amines is 2. The minimum atomic E-state index is -1.51. The summed E-state index contributed by atoms with van der Waals surface area (Å²) in [6.07, 6.45) is 6.50. The molecule has 4 aromatic rings. The summed E-state index contributed by atoms with van der Waals surface area (Å²) in [6.45, 7) is 7.88. The average molecular weight is 767 g/mol. The van der Waals surface area contributed by atoms with Crippen LogP contribution in [-0.4, -0.2) is 104 Å². The van der Waals surface area contributed by atoms with Crippen LogP contribution in [0.3, 0.4) is 0 Å². The van der Waals surface area contributed by atoms with Gasteiger partial charge >= 0.3 is 12.2 Å². The predicted molar refractivity (Wildman–Crippen MR) is 209 cm³/mol. The molecular formula is C41H50N8O7. The second-order valence-corrected chi connectivity index (χ2v) is 15.1. The van der Waals surface area contributed by atoms with Crippen molar-refractivity contribution >= 4 is 30.2 Å². The third-order valence-electron chi connectivity index (χ3n) is 10.5. The van der Waals surface area contributed by atoms with Gasteiger partial charge in [-0.3, -0.25) is 9.59 Å². The molecule has 4 heterocycles. The van der Waals surface area contributed by atoms with Gasteiger partial charge in [0.25, 0.3) is 0 Å². The molecule has 15 heteroatoms. The average Bonchev–Trinajstić information content (AvgIpc) is 4.03. The van der Waals surface area contributed by atoms with E-state index in [2.05, 4.69) is 51.9 Å². The Bertz CT molecular complexity index is 2050. The summed E-state index contributed by atoms with van der Waals surface area (Å²) in [7, 11) is 2.46. The van der Waals surface area contributed by atoms with Crippen LogP contribution >= 0.6 is 0 Å². The Balaban J connectivity index is 1.11. The molecule has 15 nitrogen and oxygen atoms in total. The van der Waals surface area contributed by atoms with Crippen molar-refractivity contribution < 1.29 is 33.8 Å². The number of hydrogen-bond donors (Lipinski definition) is 4. The van der Waals surface area contributed by atoms with Crippen molar-refractivity contribution in [3.8, 4) is 33.6 Å². The number of aliphatic imine (C=N–C) groups is 1. The first kappa shape index (κ1) is 39.9. The van der Waals surface area contributed by atoms with Gasteiger partial charge in [-0.05, 0) is 67.7 Å². The molecule has 2 aliphatic rings. The Morgan fingerprint density at radius 3 is 1.70 bits per heavy atom. The number of alkyl carbamates (subject to hydrolysis) is 1. The van der Waals surface area contributed by atoms with Crippen molar-refractivity contribution in [3.63, 3.8) is 0 Å². The Morgan fingerprint density at radius 2 is 1.27 bits per heavy atom. The number of amides is 4. The minimum absolute atomic E-state index is 0.0519. The molecule has 0 aliphatic carbocycles. The zero-order valence-electron chi connectivity index (χ0n) is 32.6. The number of aliphatic hydroxyl groups is 1. The fourth-order valence-electron chi connectivity index (χ4n) is 7.41. The quantitative estimate of drug-likeness (QED) is 0.131. The van der Waals surface area contributed by atoms with Gasteiger partial charge in [-0.2, -0.15) is 4.99 Å². The molecule has 2 saturated heterocycles. The molecule has 4 atom stereocenters. The van der Waals surface area contributed by atoms with Crippen LogP contribution in [0.5, 0.6) is 0 Å². The van der Waals surface area contributed by atoms with Gasteiger partial charge in [0.05, 0.1) is 61.6 Å². The Hall–Kier alpha value is -5.83. The number of benzene rings is 2. The van der Waals surface area contributed by atoms with Crippen molar-refractivity contribution in [1.82, 2.24) is 35.1 Å². The molecule has 296 valence electrons. The van der Waals surface area contributed by atoms with Gasteiger partial charge in [0, 0.05) is 19.3 Å². The molecule has 0 saturated carbocycles. The minimum Gasteiger partial charge on any atom is -0.453 e. The molecule has 0 spiro atoms. The summed E-state index contributed by atoms with van der Waals surface area (Å²) in [6, 6.07) is 14.6. The molecule has 6 rings (SSSR count). The molecule has 56 heavy (non-hydrogen) atoms. The highest BCUT2D eigenvalue weighted by molar-refractivity contribution is 5.97. The predicted octanol–water partition coefficient (Wildman–Crippen LogP) is 6.07. The summed E-state index contributed by atoms with van der Waals surface area (Å²) in [5, 5.41) is 13.2. The van der Waals surface area contributed by atoms with Crippen LogP contribution in [0.15, 0.2) is 65.9 Å². The maximum Gasteiger partial charge on any atom is 0.432 e. The Labute approximate surface area is 325 Å². The van der Waals surface area contributed by atoms with E-state index in [0.29, 0.717) is 25.3 Å². The molecular weight excluding hydrogens is 716 g/mol. The maximum absolute atomic E-state index is 13.6. The number of nitrogens with one attached hydrogen (secondary N) is 3. The van der Waals surface area contributed by atoms with E-state index in [-0.39, 0.29) is 23.9 Å². The summed E-state index contributed by atoms with van der Waals surface area (Å²) >= 11 is 0. The van der Waals surface area contributed by atoms with E-state index in [9.17, 15) is 24.3 Å². The van der Waals surface area contributed by atoms with Crippen LogP contribution in [0.2, 0.25) is 0 Å². The molecule has 0 radical (unpaired) electrons. The standard InChI is InChI=1S/C41H50N8O7/c1-24(2)29(21-44-39(52)55-5)37(50)48-19-7-9-32(48)35-42-22-30(45-35)27-15-11-25(12-16-27)26-13-17-28(18-14-26)31-23-43-36(46-31)33-10-8-20-49(33)38(51)34(41(3,4)54)47-40(53)56-6/h11-18,21-24,29,32-34,54H,7-10,19-20H2,1-6H3,(H,42,45)(H,43,46)(H,47,53)/t29?,32-,33-,34+/m0/s1. The van der Waals surface area contributed by atoms with Crippen molar-refractivity contribution in [2.45, 2.75) is 77.1 Å². The first-order valence-corrected chi connectivity index (χ1v) is 18.9. The number of H-pyrrole nitrogens is 2. The van der Waals surface area contributed by atoms with Gasteiger partial charge in [-0.15, -0.1) is 0 Å². The largest absolute Gasteiger partial charge is 0.453 e. The van der Waals surface area contributed by atoms with E-state index in [4.69, 9.17) is 0 Å². The maximum atomic E-state index is 13.6. The fraction of sp³-hybridized carbons (Fsp3) is 0.439. The summed E-state index contributed by atoms with van der Waals surface area (Å²) in [5.74, 6) is 0.263. The van der Waals surface area contributed by atoms with E-state index in [0.717, 1.165) is 58.7 Å². The molecule has 0 bridgehead atoms. The Morgan fingerprint density at radius 1 is 0.804 bits per heavy atom. The third kappa shape index (κ3) is 8.67. The summed E-state index contributed by atoms with van der Waals surface area (Å²) in [4.78, 5) is 74.2. The van der Waals surface area contributed by atoms with Gasteiger partial charge in [-0.25, -0.2) is 19.6 Å². The number of imidazole rings is 2.